The summed E-state index contributed by atoms with van der Waals surface area (Å²) in [7, 11) is 1.63. The molecule has 8 nitrogen and oxygen atoms in total. The van der Waals surface area contributed by atoms with Gasteiger partial charge in [-0.15, -0.1) is 0 Å². The van der Waals surface area contributed by atoms with Crippen LogP contribution in [-0.2, 0) is 11.8 Å². The van der Waals surface area contributed by atoms with Crippen molar-refractivity contribution in [3.63, 3.8) is 0 Å². The van der Waals surface area contributed by atoms with Gasteiger partial charge in [-0.05, 0) is 36.2 Å². The van der Waals surface area contributed by atoms with Crippen molar-refractivity contribution in [2.75, 3.05) is 10.7 Å². The molecule has 162 valence electrons. The molecule has 1 aliphatic heterocycles. The molecule has 0 fully saturated rings. The van der Waals surface area contributed by atoms with Crippen LogP contribution in [0.5, 0.6) is 0 Å². The third kappa shape index (κ3) is 4.71. The summed E-state index contributed by atoms with van der Waals surface area (Å²) in [5.74, 6) is -1.57. The van der Waals surface area contributed by atoms with Crippen LogP contribution in [-0.4, -0.2) is 28.0 Å². The molecule has 3 aromatic rings. The average molecular weight is 472 g/mol. The van der Waals surface area contributed by atoms with E-state index in [1.807, 2.05) is 6.07 Å². The predicted molar refractivity (Wildman–Crippen MR) is 118 cm³/mol. The molecular formula is C21H15ClFN5O3S. The fraction of sp³-hybridized carbons (Fsp3) is 0.0952. The number of thioether (sulfide) groups is 1. The van der Waals surface area contributed by atoms with Crippen molar-refractivity contribution in [1.82, 2.24) is 5.27 Å². The lowest BCUT2D eigenvalue weighted by Crippen LogP contribution is -2.31. The molecule has 0 unspecified atom stereocenters. The number of anilines is 1. The summed E-state index contributed by atoms with van der Waals surface area (Å²) in [6.07, 6.45) is 2.75. The highest BCUT2D eigenvalue weighted by atomic mass is 35.5. The average Bonchev–Trinajstić information content (AvgIpc) is 3.32. The first-order valence-corrected chi connectivity index (χ1v) is 10.6. The molecule has 2 aromatic carbocycles. The summed E-state index contributed by atoms with van der Waals surface area (Å²) in [6.45, 7) is 0. The number of aryl methyl sites for hydroxylation is 1. The molecule has 0 N–H and O–H groups in total. The van der Waals surface area contributed by atoms with Crippen LogP contribution in [0.15, 0.2) is 74.9 Å². The Morgan fingerprint density at radius 1 is 1.31 bits per heavy atom. The number of aliphatic imine (C=N–C) groups is 2. The van der Waals surface area contributed by atoms with Crippen LogP contribution in [0.2, 0.25) is 5.02 Å². The summed E-state index contributed by atoms with van der Waals surface area (Å²) < 4.78 is 20.5. The Morgan fingerprint density at radius 3 is 2.78 bits per heavy atom. The van der Waals surface area contributed by atoms with E-state index in [1.54, 1.807) is 31.3 Å². The van der Waals surface area contributed by atoms with E-state index in [4.69, 9.17) is 16.1 Å². The van der Waals surface area contributed by atoms with Crippen LogP contribution in [0.4, 0.5) is 16.0 Å². The van der Waals surface area contributed by atoms with Crippen LogP contribution in [0.25, 0.3) is 6.08 Å². The second-order valence-corrected chi connectivity index (χ2v) is 7.89. The Morgan fingerprint density at radius 2 is 2.09 bits per heavy atom. The lowest BCUT2D eigenvalue weighted by molar-refractivity contribution is -0.739. The zero-order valence-electron chi connectivity index (χ0n) is 16.6. The maximum atomic E-state index is 14.2. The number of aromatic nitrogens is 2. The van der Waals surface area contributed by atoms with E-state index in [-0.39, 0.29) is 33.1 Å². The van der Waals surface area contributed by atoms with Gasteiger partial charge in [0.05, 0.1) is 10.7 Å². The molecule has 0 aliphatic carbocycles. The molecule has 0 atom stereocenters. The van der Waals surface area contributed by atoms with E-state index < -0.39 is 17.6 Å². The minimum atomic E-state index is -0.574. The third-order valence-electron chi connectivity index (χ3n) is 4.24. The molecular weight excluding hydrogens is 457 g/mol. The lowest BCUT2D eigenvalue weighted by Gasteiger charge is -2.18. The van der Waals surface area contributed by atoms with Crippen molar-refractivity contribution in [2.24, 2.45) is 17.0 Å². The maximum absolute atomic E-state index is 14.2. The predicted octanol–water partition coefficient (Wildman–Crippen LogP) is 2.86. The number of carbonyl (C=O) groups excluding carboxylic acids is 1. The van der Waals surface area contributed by atoms with Gasteiger partial charge in [0.2, 0.25) is 0 Å². The van der Waals surface area contributed by atoms with Gasteiger partial charge in [-0.2, -0.15) is 0 Å². The number of amides is 1. The van der Waals surface area contributed by atoms with Crippen LogP contribution in [0, 0.1) is 5.82 Å². The third-order valence-corrected chi connectivity index (χ3v) is 5.50. The number of hydrogen-bond acceptors (Lipinski definition) is 7. The number of rotatable bonds is 5. The first-order chi connectivity index (χ1) is 15.4. The van der Waals surface area contributed by atoms with Crippen molar-refractivity contribution in [2.45, 2.75) is 0 Å². The molecule has 0 saturated carbocycles. The highest BCUT2D eigenvalue weighted by Gasteiger charge is 2.32. The molecule has 1 aliphatic rings. The summed E-state index contributed by atoms with van der Waals surface area (Å²) in [5, 5.41) is 16.2. The van der Waals surface area contributed by atoms with E-state index in [1.165, 1.54) is 40.1 Å². The van der Waals surface area contributed by atoms with Gasteiger partial charge in [-0.1, -0.05) is 52.3 Å². The van der Waals surface area contributed by atoms with E-state index >= 15 is 0 Å². The molecule has 11 heteroatoms. The van der Waals surface area contributed by atoms with Crippen LogP contribution < -0.4 is 14.7 Å². The van der Waals surface area contributed by atoms with Gasteiger partial charge in [-0.25, -0.2) is 14.4 Å². The Bertz CT molecular complexity index is 1240. The number of nitrogens with zero attached hydrogens (tertiary/aromatic N) is 5. The van der Waals surface area contributed by atoms with Crippen LogP contribution in [0.3, 0.4) is 0 Å². The molecule has 4 rings (SSSR count). The van der Waals surface area contributed by atoms with Gasteiger partial charge in [0.15, 0.2) is 17.5 Å². The van der Waals surface area contributed by atoms with Gasteiger partial charge in [0.25, 0.3) is 12.1 Å². The molecule has 2 heterocycles. The standard InChI is InChI=1S/C21H15ClFN5O3S/c1-27-11-19(31-26-27)25-18(29)12-32-21-24-17(10-14-15(22)8-5-9-16(14)23)20(30)28(21)13-6-3-2-4-7-13/h2-11H,12H2,1H3/b17-10-. The summed E-state index contributed by atoms with van der Waals surface area (Å²) >= 11 is 7.11. The van der Waals surface area contributed by atoms with Crippen molar-refractivity contribution in [3.05, 3.63) is 76.8 Å². The highest BCUT2D eigenvalue weighted by Crippen LogP contribution is 2.31. The fourth-order valence-electron chi connectivity index (χ4n) is 2.83. The Kier molecular flexibility index (Phi) is 6.33. The quantitative estimate of drug-likeness (QED) is 0.247. The van der Waals surface area contributed by atoms with Crippen LogP contribution >= 0.6 is 23.4 Å². The summed E-state index contributed by atoms with van der Waals surface area (Å²) in [4.78, 5) is 22.6. The molecule has 0 bridgehead atoms. The van der Waals surface area contributed by atoms with E-state index in [0.29, 0.717) is 5.69 Å². The Hall–Kier alpha value is -3.50. The summed E-state index contributed by atoms with van der Waals surface area (Å²) in [6, 6.07) is 13.0. The van der Waals surface area contributed by atoms with E-state index in [0.717, 1.165) is 11.8 Å². The van der Waals surface area contributed by atoms with Crippen molar-refractivity contribution in [1.29, 1.82) is 0 Å². The number of hydrogen-bond donors (Lipinski definition) is 0. The molecule has 0 saturated heterocycles. The number of halogens is 2. The van der Waals surface area contributed by atoms with Crippen molar-refractivity contribution < 1.29 is 23.5 Å². The number of carbonyl (C=O) groups is 1. The molecule has 1 amide bonds. The minimum Gasteiger partial charge on any atom is -0.861 e. The van der Waals surface area contributed by atoms with Gasteiger partial charge < -0.3 is 5.11 Å². The molecule has 32 heavy (non-hydrogen) atoms. The smallest absolute Gasteiger partial charge is 0.320 e. The largest absolute Gasteiger partial charge is 0.861 e. The number of amidine groups is 1. The van der Waals surface area contributed by atoms with Crippen molar-refractivity contribution >= 4 is 58.0 Å². The Balaban J connectivity index is 1.65. The van der Waals surface area contributed by atoms with Gasteiger partial charge >= 0.3 is 5.88 Å². The van der Waals surface area contributed by atoms with E-state index in [9.17, 15) is 14.3 Å². The second kappa shape index (κ2) is 9.33. The first-order valence-electron chi connectivity index (χ1n) is 9.26. The molecule has 1 aromatic heterocycles. The summed E-state index contributed by atoms with van der Waals surface area (Å²) in [5.41, 5.74) is 0.609. The second-order valence-electron chi connectivity index (χ2n) is 6.54. The maximum Gasteiger partial charge on any atom is 0.320 e. The fourth-order valence-corrected chi connectivity index (χ4v) is 3.84. The Labute approximate surface area is 191 Å². The zero-order valence-corrected chi connectivity index (χ0v) is 18.2. The van der Waals surface area contributed by atoms with Crippen LogP contribution in [0.1, 0.15) is 5.56 Å². The molecule has 0 radical (unpaired) electrons. The first kappa shape index (κ1) is 21.7. The normalized spacial score (nSPS) is 15.5. The van der Waals surface area contributed by atoms with Gasteiger partial charge in [-0.3, -0.25) is 14.2 Å². The number of para-hydroxylation sites is 1. The van der Waals surface area contributed by atoms with Gasteiger partial charge in [0, 0.05) is 11.3 Å². The highest BCUT2D eigenvalue weighted by molar-refractivity contribution is 8.14. The monoisotopic (exact) mass is 471 g/mol. The minimum absolute atomic E-state index is 0.00463. The lowest BCUT2D eigenvalue weighted by atomic mass is 10.1. The zero-order chi connectivity index (χ0) is 22.7. The topological polar surface area (TPSA) is 98.0 Å². The molecule has 0 spiro atoms. The van der Waals surface area contributed by atoms with E-state index in [2.05, 4.69) is 15.3 Å². The SMILES string of the molecule is C[n+]1cc(/N=C(\[O-])CSC2=N/C(=C\c3c(F)cccc3Cl)C(=O)N2c2ccccc2)on1. The van der Waals surface area contributed by atoms with Gasteiger partial charge in [0.1, 0.15) is 11.5 Å². The van der Waals surface area contributed by atoms with Crippen molar-refractivity contribution in [3.8, 4) is 0 Å². The number of benzene rings is 2.